The van der Waals surface area contributed by atoms with Gasteiger partial charge < -0.3 is 10.4 Å². The van der Waals surface area contributed by atoms with Crippen LogP contribution >= 0.6 is 0 Å². The molecule has 0 saturated heterocycles. The van der Waals surface area contributed by atoms with Crippen molar-refractivity contribution in [3.63, 3.8) is 0 Å². The predicted octanol–water partition coefficient (Wildman–Crippen LogP) is 1.88. The van der Waals surface area contributed by atoms with Gasteiger partial charge in [-0.05, 0) is 30.2 Å². The molecule has 1 unspecified atom stereocenters. The van der Waals surface area contributed by atoms with E-state index in [9.17, 15) is 9.90 Å². The molecule has 1 aromatic rings. The molecule has 1 saturated carbocycles. The number of aliphatic hydroxyl groups excluding tert-OH is 1. The van der Waals surface area contributed by atoms with Gasteiger partial charge in [-0.1, -0.05) is 37.3 Å². The molecule has 3 nitrogen and oxygen atoms in total. The molecule has 2 atom stereocenters. The number of hydrogen-bond donors (Lipinski definition) is 2. The number of carbonyl (C=O) groups is 1. The van der Waals surface area contributed by atoms with E-state index in [1.165, 1.54) is 12.8 Å². The van der Waals surface area contributed by atoms with Gasteiger partial charge in [-0.2, -0.15) is 0 Å². The molecule has 2 N–H and O–H groups in total. The molecule has 0 aromatic heterocycles. The first-order chi connectivity index (χ1) is 8.18. The molecule has 0 aliphatic heterocycles. The fourth-order valence-corrected chi connectivity index (χ4v) is 1.98. The smallest absolute Gasteiger partial charge is 0.253 e. The lowest BCUT2D eigenvalue weighted by Crippen LogP contribution is -2.33. The van der Waals surface area contributed by atoms with Crippen LogP contribution in [0.4, 0.5) is 0 Å². The van der Waals surface area contributed by atoms with Crippen molar-refractivity contribution < 1.29 is 9.90 Å². The van der Waals surface area contributed by atoms with E-state index in [-0.39, 0.29) is 5.91 Å². The summed E-state index contributed by atoms with van der Waals surface area (Å²) in [6, 6.07) is 9.02. The monoisotopic (exact) mass is 233 g/mol. The maximum atomic E-state index is 11.7. The predicted molar refractivity (Wildman–Crippen MR) is 66.3 cm³/mol. The zero-order valence-electron chi connectivity index (χ0n) is 10.1. The Hall–Kier alpha value is -1.35. The number of aliphatic hydroxyl groups is 1. The average Bonchev–Trinajstić information content (AvgIpc) is 3.20. The van der Waals surface area contributed by atoms with Gasteiger partial charge in [-0.25, -0.2) is 0 Å². The number of benzene rings is 1. The fraction of sp³-hybridized carbons (Fsp3) is 0.500. The van der Waals surface area contributed by atoms with Crippen LogP contribution in [0.25, 0.3) is 0 Å². The summed E-state index contributed by atoms with van der Waals surface area (Å²) in [5, 5.41) is 12.7. The second-order valence-corrected chi connectivity index (χ2v) is 4.87. The molecular weight excluding hydrogens is 214 g/mol. The highest BCUT2D eigenvalue weighted by Crippen LogP contribution is 2.36. The first-order valence-electron chi connectivity index (χ1n) is 6.19. The molecule has 0 radical (unpaired) electrons. The zero-order valence-corrected chi connectivity index (χ0v) is 10.1. The van der Waals surface area contributed by atoms with Crippen LogP contribution in [0.1, 0.15) is 31.4 Å². The van der Waals surface area contributed by atoms with E-state index in [4.69, 9.17) is 0 Å². The summed E-state index contributed by atoms with van der Waals surface area (Å²) in [6.07, 6.45) is 1.50. The maximum absolute atomic E-state index is 11.7. The van der Waals surface area contributed by atoms with Gasteiger partial charge in [0.05, 0.1) is 0 Å². The van der Waals surface area contributed by atoms with E-state index in [1.54, 1.807) is 12.1 Å². The molecule has 2 rings (SSSR count). The Labute approximate surface area is 102 Å². The summed E-state index contributed by atoms with van der Waals surface area (Å²) in [4.78, 5) is 11.7. The van der Waals surface area contributed by atoms with E-state index < -0.39 is 6.10 Å². The minimum absolute atomic E-state index is 0.302. The van der Waals surface area contributed by atoms with Crippen molar-refractivity contribution in [1.29, 1.82) is 0 Å². The van der Waals surface area contributed by atoms with Crippen LogP contribution in [0.5, 0.6) is 0 Å². The summed E-state index contributed by atoms with van der Waals surface area (Å²) >= 11 is 0. The second-order valence-electron chi connectivity index (χ2n) is 4.87. The van der Waals surface area contributed by atoms with Crippen LogP contribution in [-0.4, -0.2) is 17.6 Å². The Balaban J connectivity index is 1.82. The van der Waals surface area contributed by atoms with Gasteiger partial charge in [-0.15, -0.1) is 0 Å². The van der Waals surface area contributed by atoms with Crippen molar-refractivity contribution >= 4 is 5.91 Å². The van der Waals surface area contributed by atoms with Gasteiger partial charge in [0.25, 0.3) is 5.91 Å². The largest absolute Gasteiger partial charge is 0.378 e. The first-order valence-corrected chi connectivity index (χ1v) is 6.19. The van der Waals surface area contributed by atoms with Crippen molar-refractivity contribution in [2.45, 2.75) is 25.9 Å². The van der Waals surface area contributed by atoms with E-state index in [1.807, 2.05) is 18.2 Å². The van der Waals surface area contributed by atoms with Crippen molar-refractivity contribution in [3.8, 4) is 0 Å². The SMILES string of the molecule is CC(CNC(=O)[C@@H](O)c1ccccc1)C1CC1. The molecule has 17 heavy (non-hydrogen) atoms. The summed E-state index contributed by atoms with van der Waals surface area (Å²) in [7, 11) is 0. The molecule has 0 bridgehead atoms. The van der Waals surface area contributed by atoms with E-state index in [0.29, 0.717) is 18.0 Å². The lowest BCUT2D eigenvalue weighted by atomic mass is 10.1. The molecule has 3 heteroatoms. The third-order valence-corrected chi connectivity index (χ3v) is 3.39. The first kappa shape index (κ1) is 12.1. The van der Waals surface area contributed by atoms with Crippen LogP contribution in [0.3, 0.4) is 0 Å². The summed E-state index contributed by atoms with van der Waals surface area (Å²) in [6.45, 7) is 2.81. The maximum Gasteiger partial charge on any atom is 0.253 e. The topological polar surface area (TPSA) is 49.3 Å². The summed E-state index contributed by atoms with van der Waals surface area (Å²) < 4.78 is 0. The van der Waals surface area contributed by atoms with Crippen LogP contribution < -0.4 is 5.32 Å². The molecule has 0 heterocycles. The standard InChI is InChI=1S/C14H19NO2/c1-10(11-7-8-11)9-15-14(17)13(16)12-5-3-2-4-6-12/h2-6,10-11,13,16H,7-9H2,1H3,(H,15,17)/t10?,13-/m0/s1. The van der Waals surface area contributed by atoms with Gasteiger partial charge in [0.1, 0.15) is 0 Å². The molecular formula is C14H19NO2. The quantitative estimate of drug-likeness (QED) is 0.816. The van der Waals surface area contributed by atoms with Crippen molar-refractivity contribution in [3.05, 3.63) is 35.9 Å². The lowest BCUT2D eigenvalue weighted by Gasteiger charge is -2.14. The molecule has 1 aliphatic carbocycles. The highest BCUT2D eigenvalue weighted by molar-refractivity contribution is 5.81. The van der Waals surface area contributed by atoms with Crippen molar-refractivity contribution in [2.24, 2.45) is 11.8 Å². The third kappa shape index (κ3) is 3.30. The zero-order chi connectivity index (χ0) is 12.3. The number of nitrogens with one attached hydrogen (secondary N) is 1. The van der Waals surface area contributed by atoms with Crippen LogP contribution in [-0.2, 0) is 4.79 Å². The minimum Gasteiger partial charge on any atom is -0.378 e. The normalized spacial score (nSPS) is 18.5. The number of amides is 1. The molecule has 1 aliphatic rings. The number of carbonyl (C=O) groups excluding carboxylic acids is 1. The van der Waals surface area contributed by atoms with Gasteiger partial charge in [0.15, 0.2) is 6.10 Å². The van der Waals surface area contributed by atoms with Crippen molar-refractivity contribution in [1.82, 2.24) is 5.32 Å². The van der Waals surface area contributed by atoms with Gasteiger partial charge in [0.2, 0.25) is 0 Å². The van der Waals surface area contributed by atoms with Crippen LogP contribution in [0.15, 0.2) is 30.3 Å². The lowest BCUT2D eigenvalue weighted by molar-refractivity contribution is -0.129. The Morgan fingerprint density at radius 2 is 2.06 bits per heavy atom. The Kier molecular flexibility index (Phi) is 3.79. The van der Waals surface area contributed by atoms with E-state index in [2.05, 4.69) is 12.2 Å². The molecule has 1 aromatic carbocycles. The molecule has 92 valence electrons. The molecule has 1 fully saturated rings. The molecule has 0 spiro atoms. The summed E-state index contributed by atoms with van der Waals surface area (Å²) in [5.41, 5.74) is 0.643. The van der Waals surface area contributed by atoms with Crippen LogP contribution in [0, 0.1) is 11.8 Å². The third-order valence-electron chi connectivity index (χ3n) is 3.39. The van der Waals surface area contributed by atoms with E-state index in [0.717, 1.165) is 5.92 Å². The average molecular weight is 233 g/mol. The van der Waals surface area contributed by atoms with Gasteiger partial charge in [-0.3, -0.25) is 4.79 Å². The Morgan fingerprint density at radius 1 is 1.41 bits per heavy atom. The minimum atomic E-state index is -1.05. The van der Waals surface area contributed by atoms with Crippen molar-refractivity contribution in [2.75, 3.05) is 6.54 Å². The second kappa shape index (κ2) is 5.32. The van der Waals surface area contributed by atoms with E-state index >= 15 is 0 Å². The Morgan fingerprint density at radius 3 is 2.65 bits per heavy atom. The highest BCUT2D eigenvalue weighted by atomic mass is 16.3. The highest BCUT2D eigenvalue weighted by Gasteiger charge is 2.28. The fourth-order valence-electron chi connectivity index (χ4n) is 1.98. The number of rotatable bonds is 5. The van der Waals surface area contributed by atoms with Gasteiger partial charge in [0, 0.05) is 6.54 Å². The Bertz CT molecular complexity index is 373. The molecule has 1 amide bonds. The summed E-state index contributed by atoms with van der Waals surface area (Å²) in [5.74, 6) is 0.981. The van der Waals surface area contributed by atoms with Crippen LogP contribution in [0.2, 0.25) is 0 Å². The van der Waals surface area contributed by atoms with Gasteiger partial charge >= 0.3 is 0 Å². The number of hydrogen-bond acceptors (Lipinski definition) is 2.